The number of rotatable bonds is 6. The Morgan fingerprint density at radius 2 is 2.00 bits per heavy atom. The molecule has 6 heteroatoms. The summed E-state index contributed by atoms with van der Waals surface area (Å²) in [6.45, 7) is 5.06. The summed E-state index contributed by atoms with van der Waals surface area (Å²) in [4.78, 5) is 16.3. The normalized spacial score (nSPS) is 25.5. The molecule has 5 nitrogen and oxygen atoms in total. The Morgan fingerprint density at radius 1 is 1.30 bits per heavy atom. The summed E-state index contributed by atoms with van der Waals surface area (Å²) in [5, 5.41) is 0. The van der Waals surface area contributed by atoms with Gasteiger partial charge in [0.15, 0.2) is 9.84 Å². The fraction of sp³-hybridized carbons (Fsp3) is 0.929. The van der Waals surface area contributed by atoms with E-state index < -0.39 is 9.84 Å². The van der Waals surface area contributed by atoms with Crippen molar-refractivity contribution >= 4 is 15.7 Å². The topological polar surface area (TPSA) is 57.7 Å². The van der Waals surface area contributed by atoms with Crippen LogP contribution in [0.1, 0.15) is 39.0 Å². The molecular weight excluding hydrogens is 276 g/mol. The maximum absolute atomic E-state index is 12.3. The van der Waals surface area contributed by atoms with Crippen LogP contribution in [0.3, 0.4) is 0 Å². The summed E-state index contributed by atoms with van der Waals surface area (Å²) in [5.41, 5.74) is 0. The average molecular weight is 302 g/mol. The van der Waals surface area contributed by atoms with Crippen molar-refractivity contribution in [2.45, 2.75) is 45.1 Å². The molecule has 0 aliphatic carbocycles. The number of hydrogen-bond acceptors (Lipinski definition) is 4. The van der Waals surface area contributed by atoms with E-state index in [1.165, 1.54) is 0 Å². The molecule has 0 spiro atoms. The van der Waals surface area contributed by atoms with Gasteiger partial charge in [0.05, 0.1) is 18.1 Å². The lowest BCUT2D eigenvalue weighted by molar-refractivity contribution is -0.131. The molecule has 116 valence electrons. The average Bonchev–Trinajstić information content (AvgIpc) is 3.03. The van der Waals surface area contributed by atoms with Gasteiger partial charge in [-0.2, -0.15) is 0 Å². The molecule has 0 radical (unpaired) electrons. The Balaban J connectivity index is 1.94. The summed E-state index contributed by atoms with van der Waals surface area (Å²) in [7, 11) is -2.89. The van der Waals surface area contributed by atoms with E-state index in [-0.39, 0.29) is 23.5 Å². The van der Waals surface area contributed by atoms with E-state index in [0.29, 0.717) is 13.0 Å². The second kappa shape index (κ2) is 6.89. The molecule has 1 unspecified atom stereocenters. The van der Waals surface area contributed by atoms with E-state index in [2.05, 4.69) is 11.8 Å². The Bertz CT molecular complexity index is 430. The molecule has 0 saturated carbocycles. The fourth-order valence-corrected chi connectivity index (χ4v) is 4.82. The number of carbonyl (C=O) groups excluding carboxylic acids is 1. The zero-order valence-corrected chi connectivity index (χ0v) is 13.2. The van der Waals surface area contributed by atoms with Gasteiger partial charge in [0.25, 0.3) is 0 Å². The van der Waals surface area contributed by atoms with Crippen molar-refractivity contribution in [2.24, 2.45) is 0 Å². The number of hydrogen-bond donors (Lipinski definition) is 0. The molecule has 0 N–H and O–H groups in total. The van der Waals surface area contributed by atoms with Crippen LogP contribution < -0.4 is 0 Å². The number of unbranched alkanes of at least 4 members (excludes halogenated alkanes) is 1. The minimum Gasteiger partial charge on any atom is -0.342 e. The number of carbonyl (C=O) groups is 1. The van der Waals surface area contributed by atoms with Gasteiger partial charge in [-0.25, -0.2) is 8.42 Å². The molecule has 1 atom stereocenters. The molecule has 1 amide bonds. The van der Waals surface area contributed by atoms with Crippen LogP contribution in [0.15, 0.2) is 0 Å². The van der Waals surface area contributed by atoms with Gasteiger partial charge in [0, 0.05) is 19.1 Å². The molecule has 0 bridgehead atoms. The van der Waals surface area contributed by atoms with Gasteiger partial charge in [0.1, 0.15) is 0 Å². The van der Waals surface area contributed by atoms with Crippen LogP contribution in [0, 0.1) is 0 Å². The van der Waals surface area contributed by atoms with E-state index in [4.69, 9.17) is 0 Å². The van der Waals surface area contributed by atoms with Crippen LogP contribution in [-0.4, -0.2) is 67.9 Å². The van der Waals surface area contributed by atoms with Crippen LogP contribution in [0.25, 0.3) is 0 Å². The van der Waals surface area contributed by atoms with Crippen molar-refractivity contribution in [3.8, 4) is 0 Å². The summed E-state index contributed by atoms with van der Waals surface area (Å²) < 4.78 is 23.3. The third kappa shape index (κ3) is 4.19. The van der Waals surface area contributed by atoms with Crippen molar-refractivity contribution in [2.75, 3.05) is 37.7 Å². The van der Waals surface area contributed by atoms with Gasteiger partial charge in [0.2, 0.25) is 5.91 Å². The highest BCUT2D eigenvalue weighted by Crippen LogP contribution is 2.19. The standard InChI is InChI=1S/C14H26N2O3S/c1-2-3-7-16(13-6-10-20(18,19)12-13)11-14(17)15-8-4-5-9-15/h13H,2-12H2,1H3. The molecule has 2 fully saturated rings. The zero-order chi connectivity index (χ0) is 14.6. The van der Waals surface area contributed by atoms with E-state index in [1.54, 1.807) is 0 Å². The third-order valence-electron chi connectivity index (χ3n) is 4.32. The first-order valence-corrected chi connectivity index (χ1v) is 9.56. The Kier molecular flexibility index (Phi) is 5.43. The van der Waals surface area contributed by atoms with Crippen LogP contribution in [0.4, 0.5) is 0 Å². The summed E-state index contributed by atoms with van der Waals surface area (Å²) in [5.74, 6) is 0.672. The highest BCUT2D eigenvalue weighted by Gasteiger charge is 2.33. The number of amides is 1. The zero-order valence-electron chi connectivity index (χ0n) is 12.4. The van der Waals surface area contributed by atoms with Crippen LogP contribution >= 0.6 is 0 Å². The summed E-state index contributed by atoms with van der Waals surface area (Å²) in [6.07, 6.45) is 4.95. The number of sulfone groups is 1. The molecule has 0 aromatic rings. The van der Waals surface area contributed by atoms with Crippen molar-refractivity contribution < 1.29 is 13.2 Å². The Morgan fingerprint density at radius 3 is 2.55 bits per heavy atom. The highest BCUT2D eigenvalue weighted by molar-refractivity contribution is 7.91. The predicted molar refractivity (Wildman–Crippen MR) is 79.4 cm³/mol. The predicted octanol–water partition coefficient (Wildman–Crippen LogP) is 0.898. The van der Waals surface area contributed by atoms with Crippen molar-refractivity contribution in [1.29, 1.82) is 0 Å². The number of likely N-dealkylation sites (tertiary alicyclic amines) is 1. The molecule has 0 aromatic heterocycles. The lowest BCUT2D eigenvalue weighted by atomic mass is 10.2. The van der Waals surface area contributed by atoms with E-state index in [0.717, 1.165) is 45.3 Å². The van der Waals surface area contributed by atoms with Crippen LogP contribution in [-0.2, 0) is 14.6 Å². The molecular formula is C14H26N2O3S. The SMILES string of the molecule is CCCCN(CC(=O)N1CCCC1)C1CCS(=O)(=O)C1. The minimum atomic E-state index is -2.89. The van der Waals surface area contributed by atoms with Crippen molar-refractivity contribution in [1.82, 2.24) is 9.80 Å². The van der Waals surface area contributed by atoms with Crippen LogP contribution in [0.2, 0.25) is 0 Å². The first kappa shape index (κ1) is 15.8. The van der Waals surface area contributed by atoms with Gasteiger partial charge in [-0.15, -0.1) is 0 Å². The van der Waals surface area contributed by atoms with Gasteiger partial charge in [-0.05, 0) is 32.2 Å². The van der Waals surface area contributed by atoms with E-state index in [1.807, 2.05) is 4.90 Å². The minimum absolute atomic E-state index is 0.0399. The van der Waals surface area contributed by atoms with Gasteiger partial charge in [-0.3, -0.25) is 9.69 Å². The quantitative estimate of drug-likeness (QED) is 0.731. The van der Waals surface area contributed by atoms with Gasteiger partial charge >= 0.3 is 0 Å². The molecule has 2 heterocycles. The Hall–Kier alpha value is -0.620. The monoisotopic (exact) mass is 302 g/mol. The van der Waals surface area contributed by atoms with Crippen molar-refractivity contribution in [3.05, 3.63) is 0 Å². The summed E-state index contributed by atoms with van der Waals surface area (Å²) >= 11 is 0. The lowest BCUT2D eigenvalue weighted by Crippen LogP contribution is -2.44. The smallest absolute Gasteiger partial charge is 0.236 e. The maximum Gasteiger partial charge on any atom is 0.236 e. The molecule has 20 heavy (non-hydrogen) atoms. The Labute approximate surface area is 122 Å². The molecule has 2 rings (SSSR count). The largest absolute Gasteiger partial charge is 0.342 e. The van der Waals surface area contributed by atoms with E-state index >= 15 is 0 Å². The first-order valence-electron chi connectivity index (χ1n) is 7.74. The second-order valence-electron chi connectivity index (χ2n) is 5.97. The van der Waals surface area contributed by atoms with Crippen LogP contribution in [0.5, 0.6) is 0 Å². The molecule has 2 aliphatic rings. The number of nitrogens with zero attached hydrogens (tertiary/aromatic N) is 2. The molecule has 0 aromatic carbocycles. The lowest BCUT2D eigenvalue weighted by Gasteiger charge is -2.29. The third-order valence-corrected chi connectivity index (χ3v) is 6.07. The van der Waals surface area contributed by atoms with Crippen molar-refractivity contribution in [3.63, 3.8) is 0 Å². The maximum atomic E-state index is 12.3. The first-order chi connectivity index (χ1) is 9.52. The van der Waals surface area contributed by atoms with E-state index in [9.17, 15) is 13.2 Å². The molecule has 2 saturated heterocycles. The fourth-order valence-electron chi connectivity index (χ4n) is 3.06. The van der Waals surface area contributed by atoms with Gasteiger partial charge in [-0.1, -0.05) is 13.3 Å². The van der Waals surface area contributed by atoms with Gasteiger partial charge < -0.3 is 4.90 Å². The molecule has 2 aliphatic heterocycles. The second-order valence-corrected chi connectivity index (χ2v) is 8.20. The summed E-state index contributed by atoms with van der Waals surface area (Å²) in [6, 6.07) is 0.0399. The highest BCUT2D eigenvalue weighted by atomic mass is 32.2.